The van der Waals surface area contributed by atoms with E-state index in [9.17, 15) is 57.5 Å². The predicted molar refractivity (Wildman–Crippen MR) is 417 cm³/mol. The van der Waals surface area contributed by atoms with Crippen molar-refractivity contribution in [3.05, 3.63) is 36.0 Å². The van der Waals surface area contributed by atoms with Crippen LogP contribution in [0, 0.1) is 29.6 Å². The summed E-state index contributed by atoms with van der Waals surface area (Å²) in [7, 11) is 0. The van der Waals surface area contributed by atoms with Crippen LogP contribution in [0.5, 0.6) is 0 Å². The highest BCUT2D eigenvalue weighted by Crippen LogP contribution is 2.21. The number of para-hydroxylation sites is 1. The Bertz CT molecular complexity index is 3440. The largest absolute Gasteiger partial charge is 0.370 e. The molecule has 0 spiro atoms. The summed E-state index contributed by atoms with van der Waals surface area (Å²) in [6.07, 6.45) is 2.81. The Hall–Kier alpha value is -10.6. The number of nitrogens with two attached hydrogens (primary N) is 11. The molecule has 0 bridgehead atoms. The number of aromatic amines is 1. The summed E-state index contributed by atoms with van der Waals surface area (Å²) in [6.45, 7) is 18.8. The molecule has 0 radical (unpaired) electrons. The first kappa shape index (κ1) is 94.5. The van der Waals surface area contributed by atoms with Crippen LogP contribution in [0.25, 0.3) is 10.9 Å². The summed E-state index contributed by atoms with van der Waals surface area (Å²) >= 11 is 0. The van der Waals surface area contributed by atoms with Gasteiger partial charge in [0.2, 0.25) is 70.9 Å². The Labute approximate surface area is 637 Å². The van der Waals surface area contributed by atoms with E-state index in [1.165, 1.54) is 6.92 Å². The fraction of sp³-hybridized carbons (Fsp3) is 0.657. The summed E-state index contributed by atoms with van der Waals surface area (Å²) in [4.78, 5) is 189. The first-order valence-corrected chi connectivity index (χ1v) is 37.1. The minimum Gasteiger partial charge on any atom is -0.370 e. The standard InChI is InChI=1S/C70H125N27O12/c1-12-38(9)53(97-62(105)49(32-35(3)4)93-59(102)46(24-18-30-84-69(78)79)90-63(106)51(72)36(5)6)65(108)92-48(26-27-71)57(100)87-40(11)56(99)95-52(37(7)8)64(107)91-47(25-19-31-85-70(80)81)60(103)96-54(39(10)13-2)66(109)94-50(33-41-34-86-43-21-15-14-20-42(41)43)61(104)89-45(23-17-29-83-68(76)77)58(101)88-44(55(73)98)22-16-28-82-67(74)75/h14-15,20-21,34-40,44-54,86H,12-13,16-19,22-33,71-72H2,1-11H3,(H2,73,98)(H,87,100)(H,88,101)(H,89,104)(H,90,106)(H,91,107)(H,92,108)(H,93,102)(H,94,109)(H,95,99)(H,96,103)(H,97,105)(H4,74,75,82)(H4,76,77,83)(H4,78,79,84)(H4,80,81,85)/t38-,39-,40-,44-,45-,46-,47-,48-,49-,50-,51-,52-,53-,54-/m0/s1. The molecule has 0 saturated heterocycles. The number of carbonyl (C=O) groups is 12. The fourth-order valence-corrected chi connectivity index (χ4v) is 11.3. The number of primary amides is 1. The molecule has 0 aliphatic rings. The van der Waals surface area contributed by atoms with Crippen molar-refractivity contribution in [1.82, 2.24) is 63.5 Å². The molecule has 1 aromatic carbocycles. The Morgan fingerprint density at radius 1 is 0.394 bits per heavy atom. The number of hydrogen-bond acceptors (Lipinski definition) is 18. The van der Waals surface area contributed by atoms with E-state index in [0.717, 1.165) is 0 Å². The Morgan fingerprint density at radius 2 is 0.743 bits per heavy atom. The third-order valence-corrected chi connectivity index (χ3v) is 18.1. The lowest BCUT2D eigenvalue weighted by Crippen LogP contribution is -2.62. The number of carbonyl (C=O) groups excluding carboxylic acids is 12. The van der Waals surface area contributed by atoms with Crippen molar-refractivity contribution >= 4 is 106 Å². The minimum atomic E-state index is -1.45. The SMILES string of the molecule is CC[C@H](C)[C@H](NC(=O)[C@H](CC(C)C)NC(=O)[C@H](CCCN=C(N)N)NC(=O)[C@@H](N)C(C)C)C(=O)N[C@@H](CCN)C(=O)N[C@@H](C)C(=O)N[C@H](C(=O)N[C@@H](CCCN=C(N)N)C(=O)N[C@H](C(=O)N[C@@H](Cc1c[nH]c2ccccc12)C(=O)N[C@@H](CCCN=C(N)N)C(=O)N[C@@H](CCCN=C(N)N)C(N)=O)[C@@H](C)CC)C(C)C. The normalized spacial score (nSPS) is 15.1. The number of nitrogens with one attached hydrogen (secondary N) is 12. The summed E-state index contributed by atoms with van der Waals surface area (Å²) in [6, 6.07) is -8.37. The van der Waals surface area contributed by atoms with E-state index in [2.05, 4.69) is 83.4 Å². The fourth-order valence-electron chi connectivity index (χ4n) is 11.3. The molecule has 2 rings (SSSR count). The third kappa shape index (κ3) is 34.5. The van der Waals surface area contributed by atoms with Crippen molar-refractivity contribution in [1.29, 1.82) is 0 Å². The number of rotatable bonds is 51. The van der Waals surface area contributed by atoms with Crippen LogP contribution in [0.3, 0.4) is 0 Å². The Kier molecular flexibility index (Phi) is 42.2. The van der Waals surface area contributed by atoms with E-state index in [1.807, 2.05) is 19.9 Å². The molecule has 109 heavy (non-hydrogen) atoms. The summed E-state index contributed by atoms with van der Waals surface area (Å²) < 4.78 is 0. The van der Waals surface area contributed by atoms with Crippen LogP contribution in [0.4, 0.5) is 0 Å². The average molecular weight is 1540 g/mol. The second kappa shape index (κ2) is 48.7. The molecular weight excluding hydrogens is 1410 g/mol. The van der Waals surface area contributed by atoms with Crippen LogP contribution in [0.15, 0.2) is 50.4 Å². The number of H-pyrrole nitrogens is 1. The van der Waals surface area contributed by atoms with Crippen LogP contribution >= 0.6 is 0 Å². The number of benzene rings is 1. The zero-order valence-corrected chi connectivity index (χ0v) is 65.0. The van der Waals surface area contributed by atoms with E-state index < -0.39 is 161 Å². The molecule has 39 heteroatoms. The van der Waals surface area contributed by atoms with Crippen molar-refractivity contribution in [2.24, 2.45) is 113 Å². The van der Waals surface area contributed by atoms with E-state index in [0.29, 0.717) is 29.3 Å². The number of hydrogen-bond donors (Lipinski definition) is 23. The van der Waals surface area contributed by atoms with Crippen LogP contribution < -0.4 is 122 Å². The molecule has 14 atom stereocenters. The minimum absolute atomic E-state index is 0.0000895. The maximum atomic E-state index is 14.9. The smallest absolute Gasteiger partial charge is 0.243 e. The van der Waals surface area contributed by atoms with Crippen molar-refractivity contribution in [2.45, 2.75) is 232 Å². The van der Waals surface area contributed by atoms with Crippen LogP contribution in [-0.4, -0.2) is 205 Å². The van der Waals surface area contributed by atoms with E-state index in [1.54, 1.807) is 79.8 Å². The van der Waals surface area contributed by atoms with E-state index in [-0.39, 0.29) is 139 Å². The number of amides is 12. The van der Waals surface area contributed by atoms with Crippen molar-refractivity contribution in [3.63, 3.8) is 0 Å². The van der Waals surface area contributed by atoms with Gasteiger partial charge >= 0.3 is 0 Å². The number of guanidine groups is 4. The van der Waals surface area contributed by atoms with Crippen LogP contribution in [-0.2, 0) is 64.0 Å². The monoisotopic (exact) mass is 1540 g/mol. The van der Waals surface area contributed by atoms with Gasteiger partial charge in [-0.15, -0.1) is 0 Å². The predicted octanol–water partition coefficient (Wildman–Crippen LogP) is -5.11. The van der Waals surface area contributed by atoms with E-state index in [4.69, 9.17) is 63.1 Å². The second-order valence-corrected chi connectivity index (χ2v) is 28.4. The van der Waals surface area contributed by atoms with Gasteiger partial charge in [0.15, 0.2) is 23.8 Å². The molecule has 12 amide bonds. The summed E-state index contributed by atoms with van der Waals surface area (Å²) in [5.41, 5.74) is 63.4. The van der Waals surface area contributed by atoms with Gasteiger partial charge < -0.3 is 127 Å². The zero-order chi connectivity index (χ0) is 82.4. The number of nitrogens with zero attached hydrogens (tertiary/aromatic N) is 4. The molecule has 34 N–H and O–H groups in total. The highest BCUT2D eigenvalue weighted by atomic mass is 16.2. The molecule has 0 fully saturated rings. The van der Waals surface area contributed by atoms with Gasteiger partial charge in [-0.2, -0.15) is 0 Å². The summed E-state index contributed by atoms with van der Waals surface area (Å²) in [5.74, 6) is -12.7. The maximum Gasteiger partial charge on any atom is 0.243 e. The van der Waals surface area contributed by atoms with Gasteiger partial charge in [-0.25, -0.2) is 0 Å². The first-order valence-electron chi connectivity index (χ1n) is 37.1. The quantitative estimate of drug-likeness (QED) is 0.0167. The molecule has 1 heterocycles. The van der Waals surface area contributed by atoms with Gasteiger partial charge in [0.25, 0.3) is 0 Å². The molecule has 39 nitrogen and oxygen atoms in total. The first-order chi connectivity index (χ1) is 51.3. The molecule has 0 aliphatic carbocycles. The molecule has 0 saturated carbocycles. The van der Waals surface area contributed by atoms with Gasteiger partial charge in [0.05, 0.1) is 6.04 Å². The van der Waals surface area contributed by atoms with Crippen LogP contribution in [0.1, 0.15) is 159 Å². The van der Waals surface area contributed by atoms with Crippen LogP contribution in [0.2, 0.25) is 0 Å². The summed E-state index contributed by atoms with van der Waals surface area (Å²) in [5, 5.41) is 30.5. The van der Waals surface area contributed by atoms with Gasteiger partial charge in [0, 0.05) is 49.7 Å². The van der Waals surface area contributed by atoms with Crippen molar-refractivity contribution in [3.8, 4) is 0 Å². The molecule has 1 aromatic heterocycles. The van der Waals surface area contributed by atoms with Crippen molar-refractivity contribution < 1.29 is 57.5 Å². The second-order valence-electron chi connectivity index (χ2n) is 28.4. The van der Waals surface area contributed by atoms with Gasteiger partial charge in [-0.05, 0) is 119 Å². The number of fused-ring (bicyclic) bond motifs is 1. The van der Waals surface area contributed by atoms with Gasteiger partial charge in [-0.1, -0.05) is 100 Å². The Balaban J connectivity index is 2.52. The molecule has 612 valence electrons. The van der Waals surface area contributed by atoms with Crippen molar-refractivity contribution in [2.75, 3.05) is 32.7 Å². The highest BCUT2D eigenvalue weighted by Gasteiger charge is 2.39. The topological polar surface area (TPSA) is 689 Å². The van der Waals surface area contributed by atoms with E-state index >= 15 is 0 Å². The molecular formula is C70H125N27O12. The lowest BCUT2D eigenvalue weighted by Gasteiger charge is -2.30. The molecule has 0 unspecified atom stereocenters. The Morgan fingerprint density at radius 3 is 1.16 bits per heavy atom. The van der Waals surface area contributed by atoms with Gasteiger partial charge in [-0.3, -0.25) is 77.5 Å². The maximum absolute atomic E-state index is 14.9. The van der Waals surface area contributed by atoms with Gasteiger partial charge in [0.1, 0.15) is 66.5 Å². The molecule has 2 aromatic rings. The lowest BCUT2D eigenvalue weighted by atomic mass is 9.96. The zero-order valence-electron chi connectivity index (χ0n) is 65.0. The number of aliphatic imine (C=N–C) groups is 4. The lowest BCUT2D eigenvalue weighted by molar-refractivity contribution is -0.137. The average Bonchev–Trinajstić information content (AvgIpc) is 1.71. The third-order valence-electron chi connectivity index (χ3n) is 18.1. The molecule has 0 aliphatic heterocycles. The number of aromatic nitrogens is 1. The highest BCUT2D eigenvalue weighted by molar-refractivity contribution is 6.00.